The summed E-state index contributed by atoms with van der Waals surface area (Å²) in [6.45, 7) is 6.27. The zero-order chi connectivity index (χ0) is 12.0. The van der Waals surface area contributed by atoms with Gasteiger partial charge in [-0.1, -0.05) is 6.92 Å². The molecule has 0 aliphatic carbocycles. The van der Waals surface area contributed by atoms with Gasteiger partial charge in [-0.15, -0.1) is 0 Å². The molecule has 5 heteroatoms. The van der Waals surface area contributed by atoms with Crippen LogP contribution in [0.3, 0.4) is 0 Å². The van der Waals surface area contributed by atoms with Crippen LogP contribution in [0.4, 0.5) is 0 Å². The van der Waals surface area contributed by atoms with Crippen molar-refractivity contribution in [2.45, 2.75) is 39.5 Å². The Kier molecular flexibility index (Phi) is 2.36. The van der Waals surface area contributed by atoms with Gasteiger partial charge in [0.1, 0.15) is 18.1 Å². The monoisotopic (exact) mass is 232 g/mol. The lowest BCUT2D eigenvalue weighted by Gasteiger charge is -2.12. The van der Waals surface area contributed by atoms with Crippen LogP contribution in [-0.4, -0.2) is 25.6 Å². The molecule has 3 rings (SSSR count). The maximum absolute atomic E-state index is 5.93. The lowest BCUT2D eigenvalue weighted by molar-refractivity contribution is 0.00796. The molecule has 0 radical (unpaired) electrons. The molecule has 17 heavy (non-hydrogen) atoms. The standard InChI is InChI=1S/C12H16N4O/c1-7-4-10(17-9(7)3)16-6-15-11-8(2)13-5-14-12(11)16/h5-7,9-10H,4H2,1-3H3/t7-,9?,10?/m1/s1. The van der Waals surface area contributed by atoms with E-state index in [1.165, 1.54) is 0 Å². The van der Waals surface area contributed by atoms with E-state index in [2.05, 4.69) is 28.8 Å². The average molecular weight is 232 g/mol. The molecule has 2 aromatic rings. The maximum atomic E-state index is 5.93. The van der Waals surface area contributed by atoms with Crippen LogP contribution < -0.4 is 0 Å². The summed E-state index contributed by atoms with van der Waals surface area (Å²) in [4.78, 5) is 12.8. The van der Waals surface area contributed by atoms with Gasteiger partial charge in [-0.05, 0) is 26.2 Å². The Morgan fingerprint density at radius 1 is 1.29 bits per heavy atom. The molecule has 0 bridgehead atoms. The van der Waals surface area contributed by atoms with Gasteiger partial charge in [-0.3, -0.25) is 4.57 Å². The molecular weight excluding hydrogens is 216 g/mol. The lowest BCUT2D eigenvalue weighted by Crippen LogP contribution is -2.09. The van der Waals surface area contributed by atoms with Crippen molar-refractivity contribution < 1.29 is 4.74 Å². The number of rotatable bonds is 1. The average Bonchev–Trinajstić information content (AvgIpc) is 2.85. The number of hydrogen-bond acceptors (Lipinski definition) is 4. The molecule has 0 amide bonds. The third-order valence-electron chi connectivity index (χ3n) is 3.60. The summed E-state index contributed by atoms with van der Waals surface area (Å²) in [5, 5.41) is 0. The SMILES string of the molecule is Cc1ncnc2c1ncn2C1C[C@@H](C)C(C)O1. The molecule has 0 N–H and O–H groups in total. The van der Waals surface area contributed by atoms with Crippen LogP contribution in [0.15, 0.2) is 12.7 Å². The van der Waals surface area contributed by atoms with E-state index in [4.69, 9.17) is 4.74 Å². The molecule has 2 unspecified atom stereocenters. The number of nitrogens with zero attached hydrogens (tertiary/aromatic N) is 4. The molecule has 1 fully saturated rings. The fourth-order valence-corrected chi connectivity index (χ4v) is 2.31. The molecule has 3 heterocycles. The predicted molar refractivity (Wildman–Crippen MR) is 63.4 cm³/mol. The van der Waals surface area contributed by atoms with E-state index in [1.54, 1.807) is 6.33 Å². The van der Waals surface area contributed by atoms with Gasteiger partial charge in [-0.25, -0.2) is 15.0 Å². The highest BCUT2D eigenvalue weighted by molar-refractivity contribution is 5.72. The number of hydrogen-bond donors (Lipinski definition) is 0. The first-order valence-corrected chi connectivity index (χ1v) is 5.96. The van der Waals surface area contributed by atoms with Gasteiger partial charge in [0.25, 0.3) is 0 Å². The fourth-order valence-electron chi connectivity index (χ4n) is 2.31. The van der Waals surface area contributed by atoms with Gasteiger partial charge in [0, 0.05) is 0 Å². The summed E-state index contributed by atoms with van der Waals surface area (Å²) in [6.07, 6.45) is 4.74. The minimum Gasteiger partial charge on any atom is -0.355 e. The van der Waals surface area contributed by atoms with Gasteiger partial charge >= 0.3 is 0 Å². The van der Waals surface area contributed by atoms with E-state index in [0.29, 0.717) is 12.0 Å². The largest absolute Gasteiger partial charge is 0.355 e. The quantitative estimate of drug-likeness (QED) is 0.755. The minimum atomic E-state index is 0.0549. The van der Waals surface area contributed by atoms with Crippen LogP contribution in [0.25, 0.3) is 11.2 Å². The smallest absolute Gasteiger partial charge is 0.165 e. The third-order valence-corrected chi connectivity index (χ3v) is 3.60. The van der Waals surface area contributed by atoms with Crippen LogP contribution in [0, 0.1) is 12.8 Å². The van der Waals surface area contributed by atoms with Crippen LogP contribution in [-0.2, 0) is 4.74 Å². The van der Waals surface area contributed by atoms with E-state index in [1.807, 2.05) is 17.8 Å². The van der Waals surface area contributed by atoms with E-state index in [0.717, 1.165) is 23.3 Å². The first-order valence-electron chi connectivity index (χ1n) is 5.96. The third kappa shape index (κ3) is 1.61. The minimum absolute atomic E-state index is 0.0549. The van der Waals surface area contributed by atoms with Crippen molar-refractivity contribution in [3.63, 3.8) is 0 Å². The predicted octanol–water partition coefficient (Wildman–Crippen LogP) is 2.08. The molecule has 0 spiro atoms. The summed E-state index contributed by atoms with van der Waals surface area (Å²) in [5.74, 6) is 0.570. The van der Waals surface area contributed by atoms with Crippen LogP contribution in [0.5, 0.6) is 0 Å². The molecule has 90 valence electrons. The summed E-state index contributed by atoms with van der Waals surface area (Å²) < 4.78 is 7.95. The molecule has 0 saturated carbocycles. The number of fused-ring (bicyclic) bond motifs is 1. The lowest BCUT2D eigenvalue weighted by atomic mass is 10.1. The zero-order valence-electron chi connectivity index (χ0n) is 10.3. The van der Waals surface area contributed by atoms with Crippen molar-refractivity contribution in [2.75, 3.05) is 0 Å². The number of ether oxygens (including phenoxy) is 1. The van der Waals surface area contributed by atoms with Crippen molar-refractivity contribution in [3.8, 4) is 0 Å². The maximum Gasteiger partial charge on any atom is 0.165 e. The second-order valence-corrected chi connectivity index (χ2v) is 4.79. The first kappa shape index (κ1) is 10.7. The van der Waals surface area contributed by atoms with Crippen molar-refractivity contribution in [3.05, 3.63) is 18.3 Å². The van der Waals surface area contributed by atoms with E-state index in [-0.39, 0.29) is 6.23 Å². The zero-order valence-corrected chi connectivity index (χ0v) is 10.3. The van der Waals surface area contributed by atoms with Crippen molar-refractivity contribution in [1.82, 2.24) is 19.5 Å². The number of aryl methyl sites for hydroxylation is 1. The molecular formula is C12H16N4O. The first-order chi connectivity index (χ1) is 8.16. The normalized spacial score (nSPS) is 29.0. The fraction of sp³-hybridized carbons (Fsp3) is 0.583. The molecule has 3 atom stereocenters. The molecule has 0 aromatic carbocycles. The van der Waals surface area contributed by atoms with E-state index >= 15 is 0 Å². The summed E-state index contributed by atoms with van der Waals surface area (Å²) >= 11 is 0. The topological polar surface area (TPSA) is 52.8 Å². The number of aromatic nitrogens is 4. The highest BCUT2D eigenvalue weighted by Crippen LogP contribution is 2.34. The Bertz CT molecular complexity index is 540. The van der Waals surface area contributed by atoms with Gasteiger partial charge in [0.15, 0.2) is 5.65 Å². The Morgan fingerprint density at radius 2 is 2.12 bits per heavy atom. The Morgan fingerprint density at radius 3 is 2.82 bits per heavy atom. The van der Waals surface area contributed by atoms with Crippen LogP contribution >= 0.6 is 0 Å². The molecule has 1 aliphatic rings. The van der Waals surface area contributed by atoms with Crippen molar-refractivity contribution >= 4 is 11.2 Å². The number of imidazole rings is 1. The Labute approximate surface area is 99.9 Å². The second-order valence-electron chi connectivity index (χ2n) is 4.79. The van der Waals surface area contributed by atoms with Gasteiger partial charge in [0.2, 0.25) is 0 Å². The highest BCUT2D eigenvalue weighted by atomic mass is 16.5. The highest BCUT2D eigenvalue weighted by Gasteiger charge is 2.31. The molecule has 2 aromatic heterocycles. The molecule has 1 aliphatic heterocycles. The Hall–Kier alpha value is -1.49. The summed E-state index contributed by atoms with van der Waals surface area (Å²) in [6, 6.07) is 0. The van der Waals surface area contributed by atoms with E-state index < -0.39 is 0 Å². The van der Waals surface area contributed by atoms with Crippen LogP contribution in [0.2, 0.25) is 0 Å². The Balaban J connectivity index is 2.04. The van der Waals surface area contributed by atoms with Crippen molar-refractivity contribution in [1.29, 1.82) is 0 Å². The molecule has 5 nitrogen and oxygen atoms in total. The second kappa shape index (κ2) is 3.77. The van der Waals surface area contributed by atoms with Crippen LogP contribution in [0.1, 0.15) is 32.2 Å². The molecule has 1 saturated heterocycles. The van der Waals surface area contributed by atoms with Gasteiger partial charge in [-0.2, -0.15) is 0 Å². The van der Waals surface area contributed by atoms with Crippen molar-refractivity contribution in [2.24, 2.45) is 5.92 Å². The summed E-state index contributed by atoms with van der Waals surface area (Å²) in [7, 11) is 0. The van der Waals surface area contributed by atoms with Gasteiger partial charge in [0.05, 0.1) is 18.1 Å². The summed E-state index contributed by atoms with van der Waals surface area (Å²) in [5.41, 5.74) is 2.64. The van der Waals surface area contributed by atoms with Gasteiger partial charge < -0.3 is 4.74 Å². The van der Waals surface area contributed by atoms with E-state index in [9.17, 15) is 0 Å².